The fourth-order valence-corrected chi connectivity index (χ4v) is 3.27. The summed E-state index contributed by atoms with van der Waals surface area (Å²) in [6, 6.07) is 5.95. The second kappa shape index (κ2) is 6.26. The van der Waals surface area contributed by atoms with Crippen LogP contribution in [0.5, 0.6) is 0 Å². The van der Waals surface area contributed by atoms with E-state index in [4.69, 9.17) is 0 Å². The molecule has 1 amide bonds. The molecule has 1 atom stereocenters. The molecule has 1 aliphatic heterocycles. The molecule has 7 heteroatoms. The maximum absolute atomic E-state index is 12.4. The van der Waals surface area contributed by atoms with Gasteiger partial charge in [-0.3, -0.25) is 14.9 Å². The molecule has 2 aromatic rings. The first-order valence-electron chi connectivity index (χ1n) is 6.96. The van der Waals surface area contributed by atoms with Gasteiger partial charge in [-0.2, -0.15) is 0 Å². The first-order chi connectivity index (χ1) is 10.2. The van der Waals surface area contributed by atoms with Crippen molar-refractivity contribution < 1.29 is 4.79 Å². The third kappa shape index (κ3) is 3.24. The lowest BCUT2D eigenvalue weighted by Gasteiger charge is -2.24. The number of pyridine rings is 1. The van der Waals surface area contributed by atoms with Crippen LogP contribution in [0, 0.1) is 6.92 Å². The second-order valence-electron chi connectivity index (χ2n) is 4.99. The number of hydrogen-bond acceptors (Lipinski definition) is 5. The molecule has 3 heterocycles. The van der Waals surface area contributed by atoms with Crippen LogP contribution in [0.15, 0.2) is 29.6 Å². The third-order valence-corrected chi connectivity index (χ3v) is 4.34. The Kier molecular flexibility index (Phi) is 4.19. The molecule has 21 heavy (non-hydrogen) atoms. The Morgan fingerprint density at radius 3 is 3.14 bits per heavy atom. The summed E-state index contributed by atoms with van der Waals surface area (Å²) in [6.07, 6.45) is 3.78. The summed E-state index contributed by atoms with van der Waals surface area (Å²) >= 11 is 1.37. The number of amides is 1. The number of H-pyrrole nitrogens is 1. The highest BCUT2D eigenvalue weighted by atomic mass is 32.2. The van der Waals surface area contributed by atoms with Gasteiger partial charge in [-0.25, -0.2) is 4.98 Å². The van der Waals surface area contributed by atoms with Crippen molar-refractivity contribution in [1.29, 1.82) is 0 Å². The Morgan fingerprint density at radius 1 is 1.52 bits per heavy atom. The number of aryl methyl sites for hydroxylation is 1. The minimum atomic E-state index is 0.105. The van der Waals surface area contributed by atoms with E-state index in [1.165, 1.54) is 11.8 Å². The van der Waals surface area contributed by atoms with Crippen LogP contribution in [0.2, 0.25) is 0 Å². The van der Waals surface area contributed by atoms with Crippen LogP contribution < -0.4 is 0 Å². The molecule has 110 valence electrons. The molecule has 0 radical (unpaired) electrons. The van der Waals surface area contributed by atoms with Crippen LogP contribution in [-0.2, 0) is 4.79 Å². The van der Waals surface area contributed by atoms with Crippen molar-refractivity contribution in [2.24, 2.45) is 0 Å². The van der Waals surface area contributed by atoms with E-state index in [0.29, 0.717) is 10.9 Å². The number of aromatic amines is 1. The van der Waals surface area contributed by atoms with Crippen LogP contribution in [0.3, 0.4) is 0 Å². The molecule has 6 nitrogen and oxygen atoms in total. The van der Waals surface area contributed by atoms with E-state index in [2.05, 4.69) is 20.2 Å². The summed E-state index contributed by atoms with van der Waals surface area (Å²) in [5.74, 6) is 1.24. The highest BCUT2D eigenvalue weighted by Gasteiger charge is 2.30. The summed E-state index contributed by atoms with van der Waals surface area (Å²) in [7, 11) is 0. The minimum absolute atomic E-state index is 0.105. The molecule has 1 saturated heterocycles. The average Bonchev–Trinajstić information content (AvgIpc) is 3.14. The molecule has 1 aliphatic rings. The van der Waals surface area contributed by atoms with E-state index in [-0.39, 0.29) is 11.9 Å². The lowest BCUT2D eigenvalue weighted by molar-refractivity contribution is -0.129. The number of likely N-dealkylation sites (tertiary alicyclic amines) is 1. The zero-order valence-electron chi connectivity index (χ0n) is 11.8. The van der Waals surface area contributed by atoms with Gasteiger partial charge in [0.05, 0.1) is 17.5 Å². The van der Waals surface area contributed by atoms with E-state index in [1.807, 2.05) is 30.0 Å². The standard InChI is InChI=1S/C14H17N5OS/c1-10-16-14(18-17-10)21-9-13(20)19-8-4-6-12(19)11-5-2-3-7-15-11/h2-3,5,7,12H,4,6,8-9H2,1H3,(H,16,17,18)/t12-/m0/s1. The van der Waals surface area contributed by atoms with Crippen molar-refractivity contribution in [3.8, 4) is 0 Å². The van der Waals surface area contributed by atoms with Gasteiger partial charge in [-0.05, 0) is 31.9 Å². The average molecular weight is 303 g/mol. The van der Waals surface area contributed by atoms with Crippen LogP contribution >= 0.6 is 11.8 Å². The Labute approximate surface area is 127 Å². The van der Waals surface area contributed by atoms with Crippen LogP contribution in [-0.4, -0.2) is 43.3 Å². The molecular weight excluding hydrogens is 286 g/mol. The van der Waals surface area contributed by atoms with Gasteiger partial charge in [0, 0.05) is 12.7 Å². The van der Waals surface area contributed by atoms with Gasteiger partial charge < -0.3 is 4.90 Å². The topological polar surface area (TPSA) is 74.8 Å². The fourth-order valence-electron chi connectivity index (χ4n) is 2.54. The zero-order valence-corrected chi connectivity index (χ0v) is 12.6. The van der Waals surface area contributed by atoms with E-state index in [1.54, 1.807) is 6.20 Å². The van der Waals surface area contributed by atoms with Crippen molar-refractivity contribution in [3.63, 3.8) is 0 Å². The van der Waals surface area contributed by atoms with E-state index in [9.17, 15) is 4.79 Å². The summed E-state index contributed by atoms with van der Waals surface area (Å²) in [5, 5.41) is 7.43. The molecule has 3 rings (SSSR count). The monoisotopic (exact) mass is 303 g/mol. The first-order valence-corrected chi connectivity index (χ1v) is 7.95. The van der Waals surface area contributed by atoms with E-state index in [0.717, 1.165) is 30.9 Å². The SMILES string of the molecule is Cc1nc(SCC(=O)N2CCC[C@H]2c2ccccn2)n[nH]1. The molecule has 0 spiro atoms. The van der Waals surface area contributed by atoms with Gasteiger partial charge in [0.15, 0.2) is 0 Å². The lowest BCUT2D eigenvalue weighted by Crippen LogP contribution is -2.32. The predicted octanol–water partition coefficient (Wildman–Crippen LogP) is 1.96. The highest BCUT2D eigenvalue weighted by Crippen LogP contribution is 2.31. The fraction of sp³-hybridized carbons (Fsp3) is 0.429. The maximum atomic E-state index is 12.4. The summed E-state index contributed by atoms with van der Waals surface area (Å²) in [4.78, 5) is 22.9. The van der Waals surface area contributed by atoms with Crippen molar-refractivity contribution in [3.05, 3.63) is 35.9 Å². The first kappa shape index (κ1) is 14.1. The van der Waals surface area contributed by atoms with Crippen molar-refractivity contribution in [1.82, 2.24) is 25.1 Å². The zero-order chi connectivity index (χ0) is 14.7. The van der Waals surface area contributed by atoms with Gasteiger partial charge in [0.1, 0.15) is 5.82 Å². The van der Waals surface area contributed by atoms with Crippen LogP contribution in [0.25, 0.3) is 0 Å². The summed E-state index contributed by atoms with van der Waals surface area (Å²) in [6.45, 7) is 2.64. The number of nitrogens with zero attached hydrogens (tertiary/aromatic N) is 4. The third-order valence-electron chi connectivity index (χ3n) is 3.50. The molecule has 1 fully saturated rings. The molecule has 2 aromatic heterocycles. The number of nitrogens with one attached hydrogen (secondary N) is 1. The number of aromatic nitrogens is 4. The number of rotatable bonds is 4. The number of hydrogen-bond donors (Lipinski definition) is 1. The molecule has 0 saturated carbocycles. The Morgan fingerprint density at radius 2 is 2.43 bits per heavy atom. The summed E-state index contributed by atoms with van der Waals surface area (Å²) in [5.41, 5.74) is 0.974. The normalized spacial score (nSPS) is 18.1. The second-order valence-corrected chi connectivity index (χ2v) is 5.93. The molecule has 0 aromatic carbocycles. The molecule has 1 N–H and O–H groups in total. The Balaban J connectivity index is 1.63. The van der Waals surface area contributed by atoms with Crippen molar-refractivity contribution >= 4 is 17.7 Å². The Bertz CT molecular complexity index is 615. The smallest absolute Gasteiger partial charge is 0.233 e. The molecular formula is C14H17N5OS. The van der Waals surface area contributed by atoms with Gasteiger partial charge in [0.2, 0.25) is 11.1 Å². The van der Waals surface area contributed by atoms with Crippen molar-refractivity contribution in [2.75, 3.05) is 12.3 Å². The highest BCUT2D eigenvalue weighted by molar-refractivity contribution is 7.99. The molecule has 0 aliphatic carbocycles. The lowest BCUT2D eigenvalue weighted by atomic mass is 10.1. The Hall–Kier alpha value is -1.89. The predicted molar refractivity (Wildman–Crippen MR) is 79.8 cm³/mol. The minimum Gasteiger partial charge on any atom is -0.333 e. The van der Waals surface area contributed by atoms with E-state index < -0.39 is 0 Å². The van der Waals surface area contributed by atoms with Crippen LogP contribution in [0.4, 0.5) is 0 Å². The summed E-state index contributed by atoms with van der Waals surface area (Å²) < 4.78 is 0. The number of carbonyl (C=O) groups is 1. The van der Waals surface area contributed by atoms with E-state index >= 15 is 0 Å². The van der Waals surface area contributed by atoms with Crippen molar-refractivity contribution in [2.45, 2.75) is 31.0 Å². The van der Waals surface area contributed by atoms with Gasteiger partial charge in [0.25, 0.3) is 0 Å². The quantitative estimate of drug-likeness (QED) is 0.874. The van der Waals surface area contributed by atoms with Crippen LogP contribution in [0.1, 0.15) is 30.4 Å². The van der Waals surface area contributed by atoms with Gasteiger partial charge in [-0.15, -0.1) is 5.10 Å². The van der Waals surface area contributed by atoms with Gasteiger partial charge in [-0.1, -0.05) is 17.8 Å². The van der Waals surface area contributed by atoms with Gasteiger partial charge >= 0.3 is 0 Å². The number of thioether (sulfide) groups is 1. The molecule has 0 bridgehead atoms. The maximum Gasteiger partial charge on any atom is 0.233 e. The molecule has 0 unspecified atom stereocenters. The number of carbonyl (C=O) groups excluding carboxylic acids is 1. The largest absolute Gasteiger partial charge is 0.333 e.